The molecule has 0 aliphatic heterocycles. The number of nitrogens with zero attached hydrogens (tertiary/aromatic N) is 4. The molecule has 0 spiro atoms. The first-order valence-corrected chi connectivity index (χ1v) is 7.09. The van der Waals surface area contributed by atoms with Crippen molar-refractivity contribution in [1.82, 2.24) is 19.5 Å². The number of hydrogen-bond acceptors (Lipinski definition) is 3. The number of aryl methyl sites for hydroxylation is 2. The van der Waals surface area contributed by atoms with Crippen LogP contribution in [0.3, 0.4) is 0 Å². The SMILES string of the molecule is Cc1ccccc1-c1c(Cl)nc(-c2cncn2C)nc1Cl. The van der Waals surface area contributed by atoms with E-state index in [0.717, 1.165) is 16.8 Å². The van der Waals surface area contributed by atoms with Crippen molar-refractivity contribution < 1.29 is 0 Å². The van der Waals surface area contributed by atoms with E-state index in [-0.39, 0.29) is 0 Å². The molecule has 2 aromatic heterocycles. The highest BCUT2D eigenvalue weighted by Crippen LogP contribution is 2.35. The molecule has 0 fully saturated rings. The van der Waals surface area contributed by atoms with E-state index < -0.39 is 0 Å². The van der Waals surface area contributed by atoms with Crippen LogP contribution in [0.2, 0.25) is 10.3 Å². The zero-order valence-electron chi connectivity index (χ0n) is 11.5. The van der Waals surface area contributed by atoms with Crippen LogP contribution in [-0.4, -0.2) is 19.5 Å². The standard InChI is InChI=1S/C15H12Cl2N4/c1-9-5-3-4-6-10(9)12-13(16)19-15(20-14(12)17)11-7-18-8-21(11)2/h3-8H,1-2H3. The summed E-state index contributed by atoms with van der Waals surface area (Å²) >= 11 is 12.7. The Balaban J connectivity index is 2.18. The summed E-state index contributed by atoms with van der Waals surface area (Å²) in [5.74, 6) is 0.460. The summed E-state index contributed by atoms with van der Waals surface area (Å²) in [6, 6.07) is 7.85. The number of aromatic nitrogens is 4. The van der Waals surface area contributed by atoms with Gasteiger partial charge in [0, 0.05) is 7.05 Å². The minimum Gasteiger partial charge on any atom is -0.331 e. The molecule has 0 N–H and O–H groups in total. The molecule has 0 aliphatic carbocycles. The fraction of sp³-hybridized carbons (Fsp3) is 0.133. The Morgan fingerprint density at radius 3 is 2.29 bits per heavy atom. The number of imidazole rings is 1. The van der Waals surface area contributed by atoms with Crippen LogP contribution in [-0.2, 0) is 7.05 Å². The molecule has 0 amide bonds. The third kappa shape index (κ3) is 2.52. The van der Waals surface area contributed by atoms with E-state index in [1.165, 1.54) is 0 Å². The average Bonchev–Trinajstić information content (AvgIpc) is 2.86. The van der Waals surface area contributed by atoms with E-state index in [1.54, 1.807) is 12.5 Å². The van der Waals surface area contributed by atoms with E-state index in [1.807, 2.05) is 42.8 Å². The molecule has 3 rings (SSSR count). The second-order valence-corrected chi connectivity index (χ2v) is 5.42. The molecule has 0 atom stereocenters. The second-order valence-electron chi connectivity index (χ2n) is 4.71. The highest BCUT2D eigenvalue weighted by molar-refractivity contribution is 6.37. The monoisotopic (exact) mass is 318 g/mol. The number of hydrogen-bond donors (Lipinski definition) is 0. The lowest BCUT2D eigenvalue weighted by molar-refractivity contribution is 0.908. The Morgan fingerprint density at radius 2 is 1.71 bits per heavy atom. The van der Waals surface area contributed by atoms with Crippen molar-refractivity contribution >= 4 is 23.2 Å². The van der Waals surface area contributed by atoms with E-state index in [2.05, 4.69) is 15.0 Å². The average molecular weight is 319 g/mol. The zero-order chi connectivity index (χ0) is 15.0. The summed E-state index contributed by atoms with van der Waals surface area (Å²) in [5.41, 5.74) is 3.42. The maximum atomic E-state index is 6.35. The van der Waals surface area contributed by atoms with Gasteiger partial charge in [-0.3, -0.25) is 0 Å². The largest absolute Gasteiger partial charge is 0.331 e. The molecule has 21 heavy (non-hydrogen) atoms. The molecular weight excluding hydrogens is 307 g/mol. The van der Waals surface area contributed by atoms with Gasteiger partial charge < -0.3 is 4.57 Å². The predicted octanol–water partition coefficient (Wildman–Crippen LogP) is 4.16. The molecule has 0 radical (unpaired) electrons. The third-order valence-corrected chi connectivity index (χ3v) is 3.83. The highest BCUT2D eigenvalue weighted by Gasteiger charge is 2.17. The summed E-state index contributed by atoms with van der Waals surface area (Å²) in [6.07, 6.45) is 3.35. The molecule has 1 aromatic carbocycles. The van der Waals surface area contributed by atoms with Crippen molar-refractivity contribution in [2.75, 3.05) is 0 Å². The molecule has 0 saturated heterocycles. The van der Waals surface area contributed by atoms with Gasteiger partial charge in [-0.1, -0.05) is 47.5 Å². The first-order valence-electron chi connectivity index (χ1n) is 6.33. The zero-order valence-corrected chi connectivity index (χ0v) is 13.0. The summed E-state index contributed by atoms with van der Waals surface area (Å²) in [5, 5.41) is 0.668. The molecule has 0 unspecified atom stereocenters. The lowest BCUT2D eigenvalue weighted by Gasteiger charge is -2.10. The van der Waals surface area contributed by atoms with Crippen LogP contribution < -0.4 is 0 Å². The summed E-state index contributed by atoms with van der Waals surface area (Å²) < 4.78 is 1.81. The van der Waals surface area contributed by atoms with Crippen LogP contribution >= 0.6 is 23.2 Å². The van der Waals surface area contributed by atoms with E-state index in [9.17, 15) is 0 Å². The van der Waals surface area contributed by atoms with Crippen LogP contribution in [0.4, 0.5) is 0 Å². The van der Waals surface area contributed by atoms with Gasteiger partial charge in [-0.2, -0.15) is 0 Å². The second kappa shape index (κ2) is 5.47. The van der Waals surface area contributed by atoms with Crippen molar-refractivity contribution in [3.05, 3.63) is 52.7 Å². The summed E-state index contributed by atoms with van der Waals surface area (Å²) in [7, 11) is 1.86. The molecule has 3 aromatic rings. The summed E-state index contributed by atoms with van der Waals surface area (Å²) in [4.78, 5) is 12.8. The molecule has 4 nitrogen and oxygen atoms in total. The van der Waals surface area contributed by atoms with Crippen LogP contribution in [0.15, 0.2) is 36.8 Å². The minimum atomic E-state index is 0.334. The minimum absolute atomic E-state index is 0.334. The van der Waals surface area contributed by atoms with Crippen molar-refractivity contribution in [1.29, 1.82) is 0 Å². The third-order valence-electron chi connectivity index (χ3n) is 3.28. The quantitative estimate of drug-likeness (QED) is 0.666. The van der Waals surface area contributed by atoms with Crippen molar-refractivity contribution in [3.63, 3.8) is 0 Å². The molecule has 106 valence electrons. The Morgan fingerprint density at radius 1 is 1.05 bits per heavy atom. The van der Waals surface area contributed by atoms with Gasteiger partial charge in [0.2, 0.25) is 0 Å². The fourth-order valence-corrected chi connectivity index (χ4v) is 2.76. The molecule has 0 saturated carbocycles. The normalized spacial score (nSPS) is 10.9. The van der Waals surface area contributed by atoms with Crippen LogP contribution in [0.25, 0.3) is 22.6 Å². The van der Waals surface area contributed by atoms with Gasteiger partial charge in [0.1, 0.15) is 16.0 Å². The van der Waals surface area contributed by atoms with Gasteiger partial charge >= 0.3 is 0 Å². The van der Waals surface area contributed by atoms with Crippen molar-refractivity contribution in [2.45, 2.75) is 6.92 Å². The molecular formula is C15H12Cl2N4. The van der Waals surface area contributed by atoms with E-state index >= 15 is 0 Å². The van der Waals surface area contributed by atoms with E-state index in [4.69, 9.17) is 23.2 Å². The molecule has 2 heterocycles. The maximum Gasteiger partial charge on any atom is 0.180 e. The Bertz CT molecular complexity index is 788. The lowest BCUT2D eigenvalue weighted by Crippen LogP contribution is -1.99. The first-order chi connectivity index (χ1) is 10.1. The smallest absolute Gasteiger partial charge is 0.180 e. The predicted molar refractivity (Wildman–Crippen MR) is 84.4 cm³/mol. The summed E-state index contributed by atoms with van der Waals surface area (Å²) in [6.45, 7) is 2.00. The van der Waals surface area contributed by atoms with Gasteiger partial charge in [0.25, 0.3) is 0 Å². The Kier molecular flexibility index (Phi) is 3.66. The molecule has 6 heteroatoms. The highest BCUT2D eigenvalue weighted by atomic mass is 35.5. The molecule has 0 aliphatic rings. The topological polar surface area (TPSA) is 43.6 Å². The number of benzene rings is 1. The fourth-order valence-electron chi connectivity index (χ4n) is 2.17. The van der Waals surface area contributed by atoms with Crippen molar-refractivity contribution in [2.24, 2.45) is 7.05 Å². The number of halogens is 2. The van der Waals surface area contributed by atoms with Crippen molar-refractivity contribution in [3.8, 4) is 22.6 Å². The Labute approximate surface area is 132 Å². The van der Waals surface area contributed by atoms with Gasteiger partial charge in [-0.25, -0.2) is 15.0 Å². The van der Waals surface area contributed by atoms with Crippen LogP contribution in [0.1, 0.15) is 5.56 Å². The van der Waals surface area contributed by atoms with E-state index in [0.29, 0.717) is 21.7 Å². The first kappa shape index (κ1) is 14.0. The number of rotatable bonds is 2. The van der Waals surface area contributed by atoms with Gasteiger partial charge in [-0.05, 0) is 18.1 Å². The van der Waals surface area contributed by atoms with Gasteiger partial charge in [0.15, 0.2) is 5.82 Å². The van der Waals surface area contributed by atoms with Crippen LogP contribution in [0.5, 0.6) is 0 Å². The maximum absolute atomic E-state index is 6.35. The van der Waals surface area contributed by atoms with Crippen LogP contribution in [0, 0.1) is 6.92 Å². The Hall–Kier alpha value is -1.91. The van der Waals surface area contributed by atoms with Gasteiger partial charge in [0.05, 0.1) is 18.1 Å². The van der Waals surface area contributed by atoms with Gasteiger partial charge in [-0.15, -0.1) is 0 Å². The molecule has 0 bridgehead atoms. The lowest BCUT2D eigenvalue weighted by atomic mass is 10.0.